The monoisotopic (exact) mass is 208 g/mol. The zero-order valence-electron chi connectivity index (χ0n) is 9.65. The van der Waals surface area contributed by atoms with Gasteiger partial charge in [-0.3, -0.25) is 0 Å². The molecular formula is C11H20Si2. The standard InChI is InChI=1S/C11H20Si2/c1-8-11(13(5,6)7)9-10-12(2,3)4/h1,11H,2-7H3. The van der Waals surface area contributed by atoms with Gasteiger partial charge in [-0.05, 0) is 0 Å². The van der Waals surface area contributed by atoms with E-state index in [0.717, 1.165) is 0 Å². The van der Waals surface area contributed by atoms with Crippen molar-refractivity contribution in [2.24, 2.45) is 0 Å². The summed E-state index contributed by atoms with van der Waals surface area (Å²) in [5.74, 6) is 6.11. The van der Waals surface area contributed by atoms with Gasteiger partial charge in [0.1, 0.15) is 8.07 Å². The van der Waals surface area contributed by atoms with Crippen molar-refractivity contribution in [1.82, 2.24) is 0 Å². The summed E-state index contributed by atoms with van der Waals surface area (Å²) >= 11 is 0. The van der Waals surface area contributed by atoms with Crippen LogP contribution in [0.5, 0.6) is 0 Å². The smallest absolute Gasteiger partial charge is 0.129 e. The van der Waals surface area contributed by atoms with Gasteiger partial charge in [-0.25, -0.2) is 0 Å². The van der Waals surface area contributed by atoms with Crippen molar-refractivity contribution in [3.05, 3.63) is 0 Å². The first-order chi connectivity index (χ1) is 5.67. The van der Waals surface area contributed by atoms with E-state index in [1.54, 1.807) is 0 Å². The van der Waals surface area contributed by atoms with E-state index < -0.39 is 16.1 Å². The van der Waals surface area contributed by atoms with Gasteiger partial charge in [0.15, 0.2) is 0 Å². The highest BCUT2D eigenvalue weighted by Crippen LogP contribution is 2.19. The third-order valence-electron chi connectivity index (χ3n) is 1.62. The van der Waals surface area contributed by atoms with Crippen LogP contribution >= 0.6 is 0 Å². The van der Waals surface area contributed by atoms with Crippen molar-refractivity contribution < 1.29 is 0 Å². The molecule has 72 valence electrons. The van der Waals surface area contributed by atoms with Crippen LogP contribution in [0.15, 0.2) is 0 Å². The summed E-state index contributed by atoms with van der Waals surface area (Å²) in [5, 5.41) is 0. The number of hydrogen-bond donors (Lipinski definition) is 0. The Morgan fingerprint density at radius 2 is 1.46 bits per heavy atom. The molecule has 0 saturated carbocycles. The largest absolute Gasteiger partial charge is 0.131 e. The second kappa shape index (κ2) is 4.18. The molecule has 0 fully saturated rings. The summed E-state index contributed by atoms with van der Waals surface area (Å²) in [5.41, 5.74) is 3.58. The van der Waals surface area contributed by atoms with Gasteiger partial charge in [-0.2, -0.15) is 0 Å². The van der Waals surface area contributed by atoms with Crippen molar-refractivity contribution in [3.63, 3.8) is 0 Å². The van der Waals surface area contributed by atoms with Crippen molar-refractivity contribution in [1.29, 1.82) is 0 Å². The Kier molecular flexibility index (Phi) is 4.03. The van der Waals surface area contributed by atoms with E-state index in [2.05, 4.69) is 56.7 Å². The molecular weight excluding hydrogens is 188 g/mol. The fourth-order valence-corrected chi connectivity index (χ4v) is 2.52. The van der Waals surface area contributed by atoms with E-state index in [1.165, 1.54) is 0 Å². The van der Waals surface area contributed by atoms with E-state index in [4.69, 9.17) is 6.42 Å². The van der Waals surface area contributed by atoms with Gasteiger partial charge in [0.05, 0.1) is 13.6 Å². The molecule has 0 aromatic carbocycles. The molecule has 1 atom stereocenters. The molecule has 2 heteroatoms. The molecule has 0 spiro atoms. The molecule has 0 radical (unpaired) electrons. The fourth-order valence-electron chi connectivity index (χ4n) is 0.797. The van der Waals surface area contributed by atoms with Crippen LogP contribution in [-0.4, -0.2) is 16.1 Å². The molecule has 0 amide bonds. The highest BCUT2D eigenvalue weighted by molar-refractivity contribution is 6.84. The molecule has 0 bridgehead atoms. The SMILES string of the molecule is C#CC(C#C[Si](C)(C)C)[Si](C)(C)C. The Morgan fingerprint density at radius 1 is 1.00 bits per heavy atom. The molecule has 0 aliphatic rings. The van der Waals surface area contributed by atoms with Gasteiger partial charge in [0, 0.05) is 0 Å². The van der Waals surface area contributed by atoms with E-state index in [0.29, 0.717) is 0 Å². The molecule has 0 aliphatic carbocycles. The zero-order valence-corrected chi connectivity index (χ0v) is 11.7. The molecule has 0 N–H and O–H groups in total. The fraction of sp³-hybridized carbons (Fsp3) is 0.636. The number of hydrogen-bond acceptors (Lipinski definition) is 0. The molecule has 0 rings (SSSR count). The highest BCUT2D eigenvalue weighted by atomic mass is 28.3. The van der Waals surface area contributed by atoms with Crippen molar-refractivity contribution in [3.8, 4) is 23.8 Å². The lowest BCUT2D eigenvalue weighted by molar-refractivity contribution is 1.37. The molecule has 0 heterocycles. The van der Waals surface area contributed by atoms with Gasteiger partial charge >= 0.3 is 0 Å². The maximum Gasteiger partial charge on any atom is 0.129 e. The first kappa shape index (κ1) is 12.6. The van der Waals surface area contributed by atoms with Crippen LogP contribution in [-0.2, 0) is 0 Å². The zero-order chi connectivity index (χ0) is 10.7. The maximum atomic E-state index is 5.49. The molecule has 0 aromatic heterocycles. The predicted octanol–water partition coefficient (Wildman–Crippen LogP) is 3.21. The summed E-state index contributed by atoms with van der Waals surface area (Å²) in [6.45, 7) is 13.6. The Bertz CT molecular complexity index is 260. The van der Waals surface area contributed by atoms with Crippen molar-refractivity contribution in [2.45, 2.75) is 44.8 Å². The minimum atomic E-state index is -1.27. The normalized spacial score (nSPS) is 13.9. The van der Waals surface area contributed by atoms with Crippen molar-refractivity contribution >= 4 is 16.1 Å². The van der Waals surface area contributed by atoms with Crippen molar-refractivity contribution in [2.75, 3.05) is 0 Å². The highest BCUT2D eigenvalue weighted by Gasteiger charge is 2.23. The summed E-state index contributed by atoms with van der Waals surface area (Å²) < 4.78 is 0. The van der Waals surface area contributed by atoms with Crippen LogP contribution in [0.4, 0.5) is 0 Å². The Labute approximate surface area is 85.1 Å². The van der Waals surface area contributed by atoms with Gasteiger partial charge in [-0.15, -0.1) is 12.0 Å². The maximum absolute atomic E-state index is 5.49. The number of terminal acetylenes is 1. The summed E-state index contributed by atoms with van der Waals surface area (Å²) in [7, 11) is -2.52. The lowest BCUT2D eigenvalue weighted by Crippen LogP contribution is -2.27. The topological polar surface area (TPSA) is 0 Å². The molecule has 1 unspecified atom stereocenters. The van der Waals surface area contributed by atoms with E-state index >= 15 is 0 Å². The molecule has 13 heavy (non-hydrogen) atoms. The van der Waals surface area contributed by atoms with Gasteiger partial charge < -0.3 is 0 Å². The van der Waals surface area contributed by atoms with Gasteiger partial charge in [-0.1, -0.05) is 51.1 Å². The third kappa shape index (κ3) is 5.74. The van der Waals surface area contributed by atoms with Crippen LogP contribution in [0.3, 0.4) is 0 Å². The lowest BCUT2D eigenvalue weighted by atomic mass is 10.5. The second-order valence-corrected chi connectivity index (χ2v) is 15.5. The van der Waals surface area contributed by atoms with Gasteiger partial charge in [0.2, 0.25) is 0 Å². The minimum absolute atomic E-state index is 0.222. The summed E-state index contributed by atoms with van der Waals surface area (Å²) in [4.78, 5) is 0. The molecule has 0 aromatic rings. The number of rotatable bonds is 1. The Morgan fingerprint density at radius 3 is 1.69 bits per heavy atom. The van der Waals surface area contributed by atoms with Crippen LogP contribution in [0.1, 0.15) is 0 Å². The first-order valence-electron chi connectivity index (χ1n) is 4.65. The van der Waals surface area contributed by atoms with E-state index in [-0.39, 0.29) is 5.54 Å². The van der Waals surface area contributed by atoms with Crippen LogP contribution < -0.4 is 0 Å². The first-order valence-corrected chi connectivity index (χ1v) is 11.7. The van der Waals surface area contributed by atoms with Crippen LogP contribution in [0, 0.1) is 23.8 Å². The lowest BCUT2D eigenvalue weighted by Gasteiger charge is -2.19. The van der Waals surface area contributed by atoms with Crippen LogP contribution in [0.2, 0.25) is 44.8 Å². The molecule has 0 aliphatic heterocycles. The average molecular weight is 208 g/mol. The van der Waals surface area contributed by atoms with E-state index in [9.17, 15) is 0 Å². The Balaban J connectivity index is 4.66. The quantitative estimate of drug-likeness (QED) is 0.458. The van der Waals surface area contributed by atoms with Crippen LogP contribution in [0.25, 0.3) is 0 Å². The second-order valence-electron chi connectivity index (χ2n) is 5.49. The van der Waals surface area contributed by atoms with E-state index in [1.807, 2.05) is 0 Å². The molecule has 0 saturated heterocycles. The van der Waals surface area contributed by atoms with Gasteiger partial charge in [0.25, 0.3) is 0 Å². The molecule has 0 nitrogen and oxygen atoms in total. The predicted molar refractivity (Wildman–Crippen MR) is 67.1 cm³/mol. The summed E-state index contributed by atoms with van der Waals surface area (Å²) in [6, 6.07) is 0. The Hall–Kier alpha value is -0.446. The third-order valence-corrected chi connectivity index (χ3v) is 4.56. The summed E-state index contributed by atoms with van der Waals surface area (Å²) in [6.07, 6.45) is 5.49. The minimum Gasteiger partial charge on any atom is -0.131 e. The average Bonchev–Trinajstić information content (AvgIpc) is 1.82.